The number of nitrogens with zero attached hydrogens (tertiary/aromatic N) is 2. The summed E-state index contributed by atoms with van der Waals surface area (Å²) in [6.45, 7) is 0. The largest absolute Gasteiger partial charge is 0.331 e. The molecule has 3 aromatic rings. The van der Waals surface area contributed by atoms with E-state index in [1.165, 1.54) is 24.3 Å². The number of hydrogen-bond acceptors (Lipinski definition) is 5. The Balaban J connectivity index is 2.31. The monoisotopic (exact) mass is 453 g/mol. The number of benzene rings is 2. The number of para-hydroxylation sites is 1. The van der Waals surface area contributed by atoms with Crippen molar-refractivity contribution in [3.63, 3.8) is 0 Å². The van der Waals surface area contributed by atoms with Crippen molar-refractivity contribution in [2.45, 2.75) is 0 Å². The molecular formula is C15H8IN3O4S. The van der Waals surface area contributed by atoms with Crippen LogP contribution in [-0.4, -0.2) is 20.4 Å². The summed E-state index contributed by atoms with van der Waals surface area (Å²) in [6, 6.07) is 10.5. The number of rotatable bonds is 2. The Hall–Kier alpha value is -2.40. The average molecular weight is 453 g/mol. The molecule has 0 amide bonds. The second-order valence-corrected chi connectivity index (χ2v) is 6.47. The van der Waals surface area contributed by atoms with Gasteiger partial charge in [0, 0.05) is 9.64 Å². The first-order valence-corrected chi connectivity index (χ1v) is 8.11. The molecule has 120 valence electrons. The maximum Gasteiger partial charge on any atom is 0.282 e. The normalized spacial score (nSPS) is 10.7. The fraction of sp³-hybridized carbons (Fsp3) is 0. The molecule has 0 unspecified atom stereocenters. The number of nitrogens with one attached hydrogen (secondary N) is 1. The average Bonchev–Trinajstić information content (AvgIpc) is 2.55. The molecule has 0 aliphatic carbocycles. The molecular weight excluding hydrogens is 445 g/mol. The lowest BCUT2D eigenvalue weighted by Crippen LogP contribution is -2.29. The molecule has 0 fully saturated rings. The van der Waals surface area contributed by atoms with Gasteiger partial charge in [0.25, 0.3) is 17.2 Å². The van der Waals surface area contributed by atoms with Crippen molar-refractivity contribution in [2.24, 2.45) is 0 Å². The fourth-order valence-corrected chi connectivity index (χ4v) is 3.07. The zero-order valence-electron chi connectivity index (χ0n) is 11.9. The van der Waals surface area contributed by atoms with E-state index in [2.05, 4.69) is 4.98 Å². The van der Waals surface area contributed by atoms with Crippen molar-refractivity contribution >= 4 is 57.3 Å². The number of halogens is 1. The molecule has 0 spiro atoms. The quantitative estimate of drug-likeness (QED) is 0.278. The lowest BCUT2D eigenvalue weighted by molar-refractivity contribution is -0.385. The minimum Gasteiger partial charge on any atom is -0.331 e. The third-order valence-electron chi connectivity index (χ3n) is 3.39. The number of nitro benzene ring substituents is 1. The summed E-state index contributed by atoms with van der Waals surface area (Å²) >= 11 is 7.15. The first kappa shape index (κ1) is 16.5. The van der Waals surface area contributed by atoms with Crippen LogP contribution in [0.4, 0.5) is 5.69 Å². The molecule has 0 saturated carbocycles. The van der Waals surface area contributed by atoms with Crippen molar-refractivity contribution in [1.29, 1.82) is 0 Å². The van der Waals surface area contributed by atoms with Crippen LogP contribution in [0.25, 0.3) is 10.9 Å². The molecule has 9 heteroatoms. The Morgan fingerprint density at radius 1 is 1.25 bits per heavy atom. The van der Waals surface area contributed by atoms with Crippen molar-refractivity contribution < 1.29 is 9.72 Å². The Morgan fingerprint density at radius 3 is 2.67 bits per heavy atom. The van der Waals surface area contributed by atoms with E-state index in [4.69, 9.17) is 12.2 Å². The van der Waals surface area contributed by atoms with E-state index in [9.17, 15) is 19.7 Å². The number of hydrogen-bond donors (Lipinski definition) is 1. The standard InChI is InChI=1S/C15H8IN3O4S/c16-8-5-6-11-10(7-8)14(21)18(15(24)17-11)13(20)9-3-1-2-4-12(9)19(22)23/h1-7H,(H,17,24). The van der Waals surface area contributed by atoms with E-state index < -0.39 is 16.4 Å². The Kier molecular flexibility index (Phi) is 4.28. The first-order valence-electron chi connectivity index (χ1n) is 6.63. The number of aromatic amines is 1. The van der Waals surface area contributed by atoms with Crippen LogP contribution in [-0.2, 0) is 0 Å². The van der Waals surface area contributed by atoms with Gasteiger partial charge in [0.1, 0.15) is 5.56 Å². The molecule has 1 aromatic heterocycles. The molecule has 0 aliphatic heterocycles. The van der Waals surface area contributed by atoms with Crippen LogP contribution in [0, 0.1) is 18.5 Å². The Bertz CT molecular complexity index is 1120. The van der Waals surface area contributed by atoms with Gasteiger partial charge in [-0.1, -0.05) is 12.1 Å². The molecule has 0 atom stereocenters. The fourth-order valence-electron chi connectivity index (χ4n) is 2.30. The molecule has 7 nitrogen and oxygen atoms in total. The van der Waals surface area contributed by atoms with E-state index in [0.717, 1.165) is 8.14 Å². The maximum atomic E-state index is 12.7. The summed E-state index contributed by atoms with van der Waals surface area (Å²) in [7, 11) is 0. The zero-order valence-corrected chi connectivity index (χ0v) is 14.8. The summed E-state index contributed by atoms with van der Waals surface area (Å²) < 4.78 is 1.44. The molecule has 0 radical (unpaired) electrons. The van der Waals surface area contributed by atoms with Crippen molar-refractivity contribution in [2.75, 3.05) is 0 Å². The van der Waals surface area contributed by atoms with Gasteiger partial charge >= 0.3 is 0 Å². The van der Waals surface area contributed by atoms with Gasteiger partial charge in [-0.3, -0.25) is 19.7 Å². The number of carbonyl (C=O) groups is 1. The second-order valence-electron chi connectivity index (χ2n) is 4.84. The topological polar surface area (TPSA) is 98.0 Å². The van der Waals surface area contributed by atoms with Crippen LogP contribution in [0.1, 0.15) is 10.4 Å². The highest BCUT2D eigenvalue weighted by atomic mass is 127. The molecule has 0 bridgehead atoms. The molecule has 1 heterocycles. The molecule has 2 aromatic carbocycles. The molecule has 0 saturated heterocycles. The highest BCUT2D eigenvalue weighted by Crippen LogP contribution is 2.19. The maximum absolute atomic E-state index is 12.7. The highest BCUT2D eigenvalue weighted by Gasteiger charge is 2.23. The second kappa shape index (κ2) is 6.24. The number of carbonyl (C=O) groups excluding carboxylic acids is 1. The van der Waals surface area contributed by atoms with Crippen LogP contribution in [0.2, 0.25) is 0 Å². The van der Waals surface area contributed by atoms with Crippen LogP contribution >= 0.6 is 34.8 Å². The smallest absolute Gasteiger partial charge is 0.282 e. The van der Waals surface area contributed by atoms with Gasteiger partial charge in [-0.15, -0.1) is 0 Å². The van der Waals surface area contributed by atoms with Crippen LogP contribution in [0.3, 0.4) is 0 Å². The van der Waals surface area contributed by atoms with E-state index in [1.807, 2.05) is 22.6 Å². The van der Waals surface area contributed by atoms with Crippen LogP contribution < -0.4 is 5.56 Å². The van der Waals surface area contributed by atoms with Gasteiger partial charge < -0.3 is 4.98 Å². The molecule has 1 N–H and O–H groups in total. The number of nitro groups is 1. The summed E-state index contributed by atoms with van der Waals surface area (Å²) in [5.41, 5.74) is -0.701. The molecule has 24 heavy (non-hydrogen) atoms. The van der Waals surface area contributed by atoms with Gasteiger partial charge in [-0.2, -0.15) is 0 Å². The van der Waals surface area contributed by atoms with Crippen LogP contribution in [0.5, 0.6) is 0 Å². The minimum absolute atomic E-state index is 0.114. The van der Waals surface area contributed by atoms with Crippen molar-refractivity contribution in [3.8, 4) is 0 Å². The van der Waals surface area contributed by atoms with Gasteiger partial charge in [0.05, 0.1) is 15.8 Å². The van der Waals surface area contributed by atoms with E-state index in [1.54, 1.807) is 18.2 Å². The van der Waals surface area contributed by atoms with Crippen LogP contribution in [0.15, 0.2) is 47.3 Å². The summed E-state index contributed by atoms with van der Waals surface area (Å²) in [5.74, 6) is -0.839. The third-order valence-corrected chi connectivity index (χ3v) is 4.35. The number of aromatic nitrogens is 2. The SMILES string of the molecule is O=C(c1ccccc1[N+](=O)[O-])n1c(=S)[nH]c2ccc(I)cc2c1=O. The van der Waals surface area contributed by atoms with Gasteiger partial charge in [0.2, 0.25) is 0 Å². The predicted octanol–water partition coefficient (Wildman–Crippen LogP) is 3.26. The summed E-state index contributed by atoms with van der Waals surface area (Å²) in [5, 5.41) is 11.4. The van der Waals surface area contributed by atoms with E-state index in [0.29, 0.717) is 5.52 Å². The van der Waals surface area contributed by atoms with E-state index >= 15 is 0 Å². The number of H-pyrrole nitrogens is 1. The summed E-state index contributed by atoms with van der Waals surface area (Å²) in [4.78, 5) is 38.6. The van der Waals surface area contributed by atoms with E-state index in [-0.39, 0.29) is 21.4 Å². The molecule has 0 aliphatic rings. The third kappa shape index (κ3) is 2.76. The zero-order chi connectivity index (χ0) is 17.4. The summed E-state index contributed by atoms with van der Waals surface area (Å²) in [6.07, 6.45) is 0. The van der Waals surface area contributed by atoms with Gasteiger partial charge in [-0.25, -0.2) is 4.57 Å². The lowest BCUT2D eigenvalue weighted by Gasteiger charge is -2.07. The number of fused-ring (bicyclic) bond motifs is 1. The lowest BCUT2D eigenvalue weighted by atomic mass is 10.1. The Morgan fingerprint density at radius 2 is 1.96 bits per heavy atom. The Labute approximate surface area is 153 Å². The minimum atomic E-state index is -0.839. The van der Waals surface area contributed by atoms with Gasteiger partial charge in [-0.05, 0) is 59.1 Å². The van der Waals surface area contributed by atoms with Gasteiger partial charge in [0.15, 0.2) is 4.77 Å². The van der Waals surface area contributed by atoms with Crippen molar-refractivity contribution in [1.82, 2.24) is 9.55 Å². The predicted molar refractivity (Wildman–Crippen MR) is 98.9 cm³/mol. The highest BCUT2D eigenvalue weighted by molar-refractivity contribution is 14.1. The first-order chi connectivity index (χ1) is 11.4. The van der Waals surface area contributed by atoms with Crippen molar-refractivity contribution in [3.05, 3.63) is 76.8 Å². The molecule has 3 rings (SSSR count).